The van der Waals surface area contributed by atoms with Gasteiger partial charge in [0.2, 0.25) is 17.7 Å². The number of fused-ring (bicyclic) bond motifs is 12. The summed E-state index contributed by atoms with van der Waals surface area (Å²) < 4.78 is 129. The average molecular weight is 1450 g/mol. The van der Waals surface area contributed by atoms with Gasteiger partial charge in [-0.3, -0.25) is 30.3 Å². The van der Waals surface area contributed by atoms with Gasteiger partial charge in [-0.1, -0.05) is 49.2 Å². The number of nitrogens with one attached hydrogen (secondary N) is 3. The highest BCUT2D eigenvalue weighted by Gasteiger charge is 2.45. The molecule has 11 heterocycles. The standard InChI is InChI=1S/2C23H22F3N7O4.C21H22F3N5O/c24-23(25,26)14-3-1-2-13(8-14)19-28-9-17-20(30-19)33(15-5-7-32(17)10-15)22(36)31-21-27-6-4-18(29-21)37-12-16(35)11-34;24-23(25,26)14-3-1-2-13(6-14)20-28-7-17-21(31-20)33(15-4-5-32(17)10-15)22(36)30-18-8-27-9-19(29-18)37-12-16(35)11-34;22-21(23,24)14-5-3-4-13(10-14)18-25-11-17-19(27-18)29(16-8-9-28(17)12-16)20(30)26-15-6-1-2-7-15/h1-4,6,8-9,15-16,34-35H,5,7,10-12H2,(H,27,29,31,36);1-3,6-9,15-16,34-35H,4-5,10-12H2,(H,29,30,36);3-5,10-11,15-16H,1-2,6-9,12H2,(H,26,30)/t2*15-,16-;16-/m000/s1. The Bertz CT molecular complexity index is 4270. The summed E-state index contributed by atoms with van der Waals surface area (Å²) in [5.74, 6) is 1.45. The molecule has 0 spiro atoms. The Kier molecular flexibility index (Phi) is 20.5. The quantitative estimate of drug-likeness (QED) is 0.0500. The van der Waals surface area contributed by atoms with Crippen LogP contribution in [0.4, 0.5) is 100 Å². The van der Waals surface area contributed by atoms with E-state index in [1.165, 1.54) is 77.2 Å². The van der Waals surface area contributed by atoms with Crippen molar-refractivity contribution in [3.63, 3.8) is 0 Å². The maximum Gasteiger partial charge on any atom is 0.416 e. The summed E-state index contributed by atoms with van der Waals surface area (Å²) in [6.45, 7) is 2.59. The maximum absolute atomic E-state index is 13.4. The third kappa shape index (κ3) is 15.8. The molecule has 0 unspecified atom stereocenters. The van der Waals surface area contributed by atoms with Crippen molar-refractivity contribution in [2.75, 3.05) is 106 Å². The summed E-state index contributed by atoms with van der Waals surface area (Å²) in [5.41, 5.74) is 0.165. The van der Waals surface area contributed by atoms with E-state index in [4.69, 9.17) is 19.7 Å². The second-order valence-corrected chi connectivity index (χ2v) is 25.3. The zero-order valence-corrected chi connectivity index (χ0v) is 54.8. The highest BCUT2D eigenvalue weighted by atomic mass is 19.4. The Labute approximate surface area is 585 Å². The first-order chi connectivity index (χ1) is 49.8. The van der Waals surface area contributed by atoms with Gasteiger partial charge in [-0.15, -0.1) is 0 Å². The molecule has 1 saturated carbocycles. The van der Waals surface area contributed by atoms with Gasteiger partial charge in [0.15, 0.2) is 40.7 Å². The highest BCUT2D eigenvalue weighted by Crippen LogP contribution is 2.44. The van der Waals surface area contributed by atoms with Gasteiger partial charge in [0.05, 0.1) is 96.1 Å². The van der Waals surface area contributed by atoms with Gasteiger partial charge in [0, 0.05) is 74.3 Å². The van der Waals surface area contributed by atoms with Crippen LogP contribution in [0.1, 0.15) is 61.6 Å². The number of urea groups is 3. The Hall–Kier alpha value is -10.9. The lowest BCUT2D eigenvalue weighted by atomic mass is 10.1. The van der Waals surface area contributed by atoms with E-state index in [0.29, 0.717) is 56.2 Å². The number of anilines is 8. The molecule has 7 aliphatic rings. The highest BCUT2D eigenvalue weighted by molar-refractivity contribution is 6.05. The van der Waals surface area contributed by atoms with E-state index in [-0.39, 0.29) is 113 Å². The fraction of sp³-hybridized carbons (Fsp3) is 0.388. The molecule has 4 fully saturated rings. The van der Waals surface area contributed by atoms with E-state index in [9.17, 15) is 64.1 Å². The van der Waals surface area contributed by atoms with Gasteiger partial charge in [-0.2, -0.15) is 49.5 Å². The van der Waals surface area contributed by atoms with Crippen molar-refractivity contribution >= 4 is 64.4 Å². The van der Waals surface area contributed by atoms with Gasteiger partial charge in [0.1, 0.15) is 25.4 Å². The van der Waals surface area contributed by atoms with Crippen molar-refractivity contribution in [1.29, 1.82) is 0 Å². The first-order valence-electron chi connectivity index (χ1n) is 33.0. The van der Waals surface area contributed by atoms with E-state index in [1.54, 1.807) is 17.2 Å². The fourth-order valence-corrected chi connectivity index (χ4v) is 13.1. The molecule has 5 aromatic heterocycles. The number of carbonyl (C=O) groups is 3. The molecule has 5 atom stereocenters. The van der Waals surface area contributed by atoms with Crippen LogP contribution in [-0.4, -0.2) is 190 Å². The maximum atomic E-state index is 13.4. The number of benzene rings is 3. The Morgan fingerprint density at radius 2 is 0.904 bits per heavy atom. The lowest BCUT2D eigenvalue weighted by Crippen LogP contribution is -2.52. The van der Waals surface area contributed by atoms with Crippen LogP contribution in [0.3, 0.4) is 0 Å². The van der Waals surface area contributed by atoms with E-state index in [1.807, 2.05) is 9.80 Å². The molecule has 15 rings (SSSR count). The molecule has 28 nitrogen and oxygen atoms in total. The summed E-state index contributed by atoms with van der Waals surface area (Å²) in [6, 6.07) is 14.2. The monoisotopic (exact) mass is 1450 g/mol. The molecular weight excluding hydrogens is 1390 g/mol. The van der Waals surface area contributed by atoms with Crippen molar-refractivity contribution in [3.8, 4) is 45.9 Å². The van der Waals surface area contributed by atoms with Crippen molar-refractivity contribution in [3.05, 3.63) is 133 Å². The first-order valence-corrected chi connectivity index (χ1v) is 33.0. The minimum absolute atomic E-state index is 0.00293. The van der Waals surface area contributed by atoms with E-state index >= 15 is 0 Å². The second-order valence-electron chi connectivity index (χ2n) is 25.3. The topological polar surface area (TPSA) is 335 Å². The lowest BCUT2D eigenvalue weighted by molar-refractivity contribution is -0.138. The summed E-state index contributed by atoms with van der Waals surface area (Å²) in [4.78, 5) is 93.3. The molecule has 6 aliphatic heterocycles. The number of aliphatic hydroxyl groups excluding tert-OH is 4. The molecule has 8 aromatic rings. The minimum Gasteiger partial charge on any atom is -0.475 e. The molecule has 1 aliphatic carbocycles. The molecule has 104 heavy (non-hydrogen) atoms. The molecule has 3 saturated heterocycles. The first kappa shape index (κ1) is 71.5. The molecule has 6 bridgehead atoms. The average Bonchev–Trinajstić information content (AvgIpc) is 1.54. The fourth-order valence-electron chi connectivity index (χ4n) is 13.1. The second kappa shape index (κ2) is 29.8. The summed E-state index contributed by atoms with van der Waals surface area (Å²) in [5, 5.41) is 45.1. The number of aromatic nitrogens is 10. The Morgan fingerprint density at radius 3 is 1.33 bits per heavy atom. The van der Waals surface area contributed by atoms with Gasteiger partial charge in [0.25, 0.3) is 0 Å². The lowest BCUT2D eigenvalue weighted by Gasteiger charge is -2.36. The summed E-state index contributed by atoms with van der Waals surface area (Å²) >= 11 is 0. The SMILES string of the molecule is O=C(NC1CCCC1)N1c2nc(-c3cccc(C(F)(F)F)c3)ncc2N2CC[C@H]1C2.O=C(Nc1cncc(OC[C@@H](O)CO)n1)N1c2nc(-c3cccc(C(F)(F)F)c3)ncc2N2CC[C@H]1C2.O=C(Nc1nccc(OC[C@@H](O)CO)n1)N1c2nc(-c3cccc(C(F)(F)F)c3)ncc2N2CC[C@H]1C2. The van der Waals surface area contributed by atoms with Gasteiger partial charge in [-0.05, 0) is 68.5 Å². The number of amides is 6. The van der Waals surface area contributed by atoms with Gasteiger partial charge >= 0.3 is 36.6 Å². The van der Waals surface area contributed by atoms with E-state index in [2.05, 4.69) is 70.7 Å². The number of aliphatic hydroxyl groups is 4. The number of nitrogens with zero attached hydrogens (tertiary/aromatic N) is 16. The van der Waals surface area contributed by atoms with E-state index in [0.717, 1.165) is 87.3 Å². The van der Waals surface area contributed by atoms with E-state index < -0.39 is 72.7 Å². The van der Waals surface area contributed by atoms with Crippen LogP contribution in [0.15, 0.2) is 116 Å². The van der Waals surface area contributed by atoms with Crippen molar-refractivity contribution in [1.82, 2.24) is 55.2 Å². The van der Waals surface area contributed by atoms with Gasteiger partial charge < -0.3 is 49.9 Å². The van der Waals surface area contributed by atoms with Crippen molar-refractivity contribution in [2.45, 2.75) is 99.8 Å². The zero-order chi connectivity index (χ0) is 73.2. The number of rotatable bonds is 14. The van der Waals surface area contributed by atoms with Crippen LogP contribution < -0.4 is 54.8 Å². The normalized spacial score (nSPS) is 18.5. The number of hydrogen-bond donors (Lipinski definition) is 7. The van der Waals surface area contributed by atoms with Crippen LogP contribution in [0.2, 0.25) is 0 Å². The van der Waals surface area contributed by atoms with Crippen LogP contribution in [-0.2, 0) is 18.5 Å². The van der Waals surface area contributed by atoms with Crippen LogP contribution in [0.25, 0.3) is 34.2 Å². The smallest absolute Gasteiger partial charge is 0.416 e. The molecular formula is C67H66F9N19O9. The number of hydrogen-bond acceptors (Lipinski definition) is 22. The Morgan fingerprint density at radius 1 is 0.490 bits per heavy atom. The predicted octanol–water partition coefficient (Wildman–Crippen LogP) is 8.84. The minimum atomic E-state index is -4.52. The Balaban J connectivity index is 0.000000139. The molecule has 7 N–H and O–H groups in total. The summed E-state index contributed by atoms with van der Waals surface area (Å²) in [6.07, 6.45) is -0.733. The number of ether oxygens (including phenoxy) is 2. The third-order valence-corrected chi connectivity index (χ3v) is 18.2. The third-order valence-electron chi connectivity index (χ3n) is 18.2. The molecule has 3 aromatic carbocycles. The van der Waals surface area contributed by atoms with Crippen molar-refractivity contribution in [2.24, 2.45) is 0 Å². The molecule has 546 valence electrons. The van der Waals surface area contributed by atoms with Crippen LogP contribution in [0.5, 0.6) is 11.8 Å². The molecule has 6 amide bonds. The van der Waals surface area contributed by atoms with Gasteiger partial charge in [-0.25, -0.2) is 49.3 Å². The number of halogens is 9. The zero-order valence-electron chi connectivity index (χ0n) is 54.8. The predicted molar refractivity (Wildman–Crippen MR) is 357 cm³/mol. The largest absolute Gasteiger partial charge is 0.475 e. The molecule has 0 radical (unpaired) electrons. The summed E-state index contributed by atoms with van der Waals surface area (Å²) in [7, 11) is 0. The van der Waals surface area contributed by atoms with Crippen LogP contribution >= 0.6 is 0 Å². The molecule has 37 heteroatoms. The van der Waals surface area contributed by atoms with Crippen molar-refractivity contribution < 1.29 is 83.8 Å². The van der Waals surface area contributed by atoms with Crippen LogP contribution in [0, 0.1) is 0 Å². The number of alkyl halides is 9. The number of carbonyl (C=O) groups excluding carboxylic acids is 3.